The highest BCUT2D eigenvalue weighted by molar-refractivity contribution is 5.51. The summed E-state index contributed by atoms with van der Waals surface area (Å²) in [6.07, 6.45) is 0. The first-order valence-electron chi connectivity index (χ1n) is 9.71. The van der Waals surface area contributed by atoms with Gasteiger partial charge in [0.05, 0.1) is 71.8 Å². The van der Waals surface area contributed by atoms with Crippen LogP contribution in [0.15, 0.2) is 24.3 Å². The van der Waals surface area contributed by atoms with Crippen molar-refractivity contribution >= 4 is 5.69 Å². The molecule has 0 aromatic heterocycles. The molecule has 1 rings (SSSR count). The van der Waals surface area contributed by atoms with Crippen molar-refractivity contribution < 1.29 is 28.4 Å². The Hall–Kier alpha value is -1.42. The minimum atomic E-state index is 0.456. The van der Waals surface area contributed by atoms with E-state index >= 15 is 0 Å². The summed E-state index contributed by atoms with van der Waals surface area (Å²) in [5, 5.41) is 0. The van der Waals surface area contributed by atoms with E-state index in [1.807, 2.05) is 32.3 Å². The fraction of sp³-hybridized carbons (Fsp3) is 0.700. The number of nitrogen functional groups attached to an aromatic ring is 1. The molecule has 0 radical (unpaired) electrons. The summed E-state index contributed by atoms with van der Waals surface area (Å²) in [4.78, 5) is 2.08. The smallest absolute Gasteiger partial charge is 0.142 e. The Bertz CT molecular complexity index is 476. The molecule has 0 saturated carbocycles. The van der Waals surface area contributed by atoms with Crippen LogP contribution in [0.4, 0.5) is 5.69 Å². The number of nitrogens with zero attached hydrogens (tertiary/aromatic N) is 1. The van der Waals surface area contributed by atoms with E-state index in [0.29, 0.717) is 77.5 Å². The van der Waals surface area contributed by atoms with Gasteiger partial charge in [0.1, 0.15) is 12.4 Å². The topological polar surface area (TPSA) is 84.6 Å². The molecule has 1 aromatic rings. The molecule has 0 unspecified atom stereocenters. The molecule has 162 valence electrons. The second-order valence-electron chi connectivity index (χ2n) is 6.25. The second-order valence-corrected chi connectivity index (χ2v) is 6.25. The molecule has 0 atom stereocenters. The molecule has 1 aromatic carbocycles. The Balaban J connectivity index is 1.73. The molecule has 0 aliphatic carbocycles. The van der Waals surface area contributed by atoms with Gasteiger partial charge in [-0.1, -0.05) is 12.1 Å². The highest BCUT2D eigenvalue weighted by Crippen LogP contribution is 2.19. The lowest BCUT2D eigenvalue weighted by Gasteiger charge is -2.10. The van der Waals surface area contributed by atoms with Gasteiger partial charge in [0.15, 0.2) is 0 Å². The molecule has 0 spiro atoms. The molecule has 8 heteroatoms. The van der Waals surface area contributed by atoms with Crippen molar-refractivity contribution in [2.75, 3.05) is 99.0 Å². The lowest BCUT2D eigenvalue weighted by Crippen LogP contribution is -2.19. The molecule has 0 heterocycles. The Morgan fingerprint density at radius 2 is 1.07 bits per heavy atom. The average Bonchev–Trinajstić information content (AvgIpc) is 2.68. The van der Waals surface area contributed by atoms with Crippen LogP contribution >= 0.6 is 0 Å². The summed E-state index contributed by atoms with van der Waals surface area (Å²) in [6.45, 7) is 7.03. The number of anilines is 1. The summed E-state index contributed by atoms with van der Waals surface area (Å²) in [6, 6.07) is 7.40. The standard InChI is InChI=1S/C20H36N2O6/c1-22(2)7-8-23-9-10-24-11-12-25-13-14-26-15-16-27-17-18-28-20-6-4-3-5-19(20)21/h3-6H,7-18,21H2,1-2H3. The van der Waals surface area contributed by atoms with Crippen molar-refractivity contribution in [3.63, 3.8) is 0 Å². The predicted molar refractivity (Wildman–Crippen MR) is 109 cm³/mol. The lowest BCUT2D eigenvalue weighted by atomic mass is 10.3. The van der Waals surface area contributed by atoms with Gasteiger partial charge in [-0.3, -0.25) is 0 Å². The van der Waals surface area contributed by atoms with Gasteiger partial charge in [-0.15, -0.1) is 0 Å². The number of hydrogen-bond acceptors (Lipinski definition) is 8. The summed E-state index contributed by atoms with van der Waals surface area (Å²) >= 11 is 0. The maximum atomic E-state index is 5.79. The molecule has 0 aliphatic heterocycles. The molecular weight excluding hydrogens is 364 g/mol. The van der Waals surface area contributed by atoms with Gasteiger partial charge in [-0.25, -0.2) is 0 Å². The lowest BCUT2D eigenvalue weighted by molar-refractivity contribution is -0.0132. The van der Waals surface area contributed by atoms with Crippen LogP contribution in [0.25, 0.3) is 0 Å². The van der Waals surface area contributed by atoms with E-state index in [-0.39, 0.29) is 0 Å². The van der Waals surface area contributed by atoms with Gasteiger partial charge in [-0.05, 0) is 26.2 Å². The number of hydrogen-bond donors (Lipinski definition) is 1. The number of rotatable bonds is 19. The zero-order chi connectivity index (χ0) is 20.3. The minimum Gasteiger partial charge on any atom is -0.489 e. The van der Waals surface area contributed by atoms with Crippen LogP contribution in [0.5, 0.6) is 5.75 Å². The fourth-order valence-corrected chi connectivity index (χ4v) is 2.05. The molecule has 0 amide bonds. The molecule has 2 N–H and O–H groups in total. The first kappa shape index (κ1) is 24.6. The van der Waals surface area contributed by atoms with Gasteiger partial charge in [0.2, 0.25) is 0 Å². The van der Waals surface area contributed by atoms with E-state index in [4.69, 9.17) is 34.2 Å². The number of para-hydroxylation sites is 2. The van der Waals surface area contributed by atoms with E-state index in [9.17, 15) is 0 Å². The van der Waals surface area contributed by atoms with E-state index in [2.05, 4.69) is 4.90 Å². The Labute approximate surface area is 168 Å². The third-order valence-corrected chi connectivity index (χ3v) is 3.58. The number of ether oxygens (including phenoxy) is 6. The third kappa shape index (κ3) is 14.6. The predicted octanol–water partition coefficient (Wildman–Crippen LogP) is 1.29. The van der Waals surface area contributed by atoms with E-state index in [1.54, 1.807) is 6.07 Å². The molecule has 0 bridgehead atoms. The summed E-state index contributed by atoms with van der Waals surface area (Å²) in [5.74, 6) is 0.681. The Morgan fingerprint density at radius 3 is 1.54 bits per heavy atom. The van der Waals surface area contributed by atoms with E-state index < -0.39 is 0 Å². The number of benzene rings is 1. The third-order valence-electron chi connectivity index (χ3n) is 3.58. The normalized spacial score (nSPS) is 11.2. The molecule has 0 fully saturated rings. The van der Waals surface area contributed by atoms with E-state index in [0.717, 1.165) is 13.2 Å². The fourth-order valence-electron chi connectivity index (χ4n) is 2.05. The molecule has 0 aliphatic rings. The number of likely N-dealkylation sites (N-methyl/N-ethyl adjacent to an activating group) is 1. The van der Waals surface area contributed by atoms with Gasteiger partial charge in [-0.2, -0.15) is 0 Å². The maximum Gasteiger partial charge on any atom is 0.142 e. The number of nitrogens with two attached hydrogens (primary N) is 1. The van der Waals surface area contributed by atoms with Crippen LogP contribution < -0.4 is 10.5 Å². The molecule has 28 heavy (non-hydrogen) atoms. The molecule has 0 saturated heterocycles. The summed E-state index contributed by atoms with van der Waals surface area (Å²) in [7, 11) is 4.04. The van der Waals surface area contributed by atoms with Crippen molar-refractivity contribution in [3.8, 4) is 5.75 Å². The summed E-state index contributed by atoms with van der Waals surface area (Å²) in [5.41, 5.74) is 6.42. The average molecular weight is 401 g/mol. The van der Waals surface area contributed by atoms with Gasteiger partial charge < -0.3 is 39.1 Å². The van der Waals surface area contributed by atoms with E-state index in [1.165, 1.54) is 0 Å². The van der Waals surface area contributed by atoms with Gasteiger partial charge >= 0.3 is 0 Å². The van der Waals surface area contributed by atoms with Crippen LogP contribution in [-0.2, 0) is 23.7 Å². The quantitative estimate of drug-likeness (QED) is 0.275. The highest BCUT2D eigenvalue weighted by Gasteiger charge is 1.98. The highest BCUT2D eigenvalue weighted by atomic mass is 16.6. The van der Waals surface area contributed by atoms with Crippen molar-refractivity contribution in [1.82, 2.24) is 4.90 Å². The van der Waals surface area contributed by atoms with Crippen LogP contribution in [-0.4, -0.2) is 98.2 Å². The van der Waals surface area contributed by atoms with Crippen LogP contribution in [0.2, 0.25) is 0 Å². The van der Waals surface area contributed by atoms with Crippen molar-refractivity contribution in [3.05, 3.63) is 24.3 Å². The Kier molecular flexibility index (Phi) is 15.5. The van der Waals surface area contributed by atoms with Crippen molar-refractivity contribution in [2.45, 2.75) is 0 Å². The SMILES string of the molecule is CN(C)CCOCCOCCOCCOCCOCCOc1ccccc1N. The van der Waals surface area contributed by atoms with Gasteiger partial charge in [0.25, 0.3) is 0 Å². The zero-order valence-electron chi connectivity index (χ0n) is 17.3. The minimum absolute atomic E-state index is 0.456. The molecular formula is C20H36N2O6. The van der Waals surface area contributed by atoms with Crippen LogP contribution in [0.1, 0.15) is 0 Å². The monoisotopic (exact) mass is 400 g/mol. The largest absolute Gasteiger partial charge is 0.489 e. The van der Waals surface area contributed by atoms with Crippen LogP contribution in [0, 0.1) is 0 Å². The van der Waals surface area contributed by atoms with Crippen molar-refractivity contribution in [2.24, 2.45) is 0 Å². The Morgan fingerprint density at radius 1 is 0.643 bits per heavy atom. The van der Waals surface area contributed by atoms with Crippen molar-refractivity contribution in [1.29, 1.82) is 0 Å². The zero-order valence-corrected chi connectivity index (χ0v) is 17.3. The maximum absolute atomic E-state index is 5.79. The first-order valence-corrected chi connectivity index (χ1v) is 9.71. The summed E-state index contributed by atoms with van der Waals surface area (Å²) < 4.78 is 32.7. The van der Waals surface area contributed by atoms with Crippen LogP contribution in [0.3, 0.4) is 0 Å². The second kappa shape index (κ2) is 17.7. The molecule has 8 nitrogen and oxygen atoms in total. The van der Waals surface area contributed by atoms with Gasteiger partial charge in [0, 0.05) is 6.54 Å². The first-order chi connectivity index (χ1) is 13.7.